The highest BCUT2D eigenvalue weighted by atomic mass is 32.1. The van der Waals surface area contributed by atoms with Crippen LogP contribution in [0, 0.1) is 11.2 Å². The number of carbonyl (C=O) groups is 2. The maximum Gasteiger partial charge on any atom is 0.239 e. The SMILES string of the molecule is CC1(C)CC(=O)C2=C(C1)Nc1ccccc1N(CC(=O)NCc1ccc(F)cc1)C2c1cccs1. The van der Waals surface area contributed by atoms with E-state index < -0.39 is 0 Å². The predicted octanol–water partition coefficient (Wildman–Crippen LogP) is 5.82. The van der Waals surface area contributed by atoms with Gasteiger partial charge < -0.3 is 15.5 Å². The summed E-state index contributed by atoms with van der Waals surface area (Å²) >= 11 is 1.59. The lowest BCUT2D eigenvalue weighted by Gasteiger charge is -2.37. The smallest absolute Gasteiger partial charge is 0.239 e. The quantitative estimate of drug-likeness (QED) is 0.474. The van der Waals surface area contributed by atoms with Gasteiger partial charge in [-0.1, -0.05) is 44.2 Å². The number of halogens is 1. The number of carbonyl (C=O) groups excluding carboxylic acids is 2. The molecule has 5 rings (SSSR count). The monoisotopic (exact) mass is 489 g/mol. The molecule has 0 saturated carbocycles. The lowest BCUT2D eigenvalue weighted by Crippen LogP contribution is -2.41. The number of Topliss-reactive ketones (excluding diaryl/α,β-unsaturated/α-hetero) is 1. The van der Waals surface area contributed by atoms with E-state index in [4.69, 9.17) is 0 Å². The lowest BCUT2D eigenvalue weighted by atomic mass is 9.74. The average molecular weight is 490 g/mol. The van der Waals surface area contributed by atoms with Crippen LogP contribution in [0.15, 0.2) is 77.3 Å². The fourth-order valence-electron chi connectivity index (χ4n) is 4.98. The Kier molecular flexibility index (Phi) is 6.19. The summed E-state index contributed by atoms with van der Waals surface area (Å²) in [5.74, 6) is -0.359. The van der Waals surface area contributed by atoms with E-state index in [2.05, 4.69) is 24.5 Å². The number of fused-ring (bicyclic) bond motifs is 1. The number of nitrogens with one attached hydrogen (secondary N) is 2. The summed E-state index contributed by atoms with van der Waals surface area (Å²) in [7, 11) is 0. The fraction of sp³-hybridized carbons (Fsp3) is 0.286. The van der Waals surface area contributed by atoms with Gasteiger partial charge in [-0.3, -0.25) is 9.59 Å². The van der Waals surface area contributed by atoms with Crippen molar-refractivity contribution < 1.29 is 14.0 Å². The van der Waals surface area contributed by atoms with E-state index in [1.54, 1.807) is 23.5 Å². The molecule has 1 atom stereocenters. The topological polar surface area (TPSA) is 61.4 Å². The third-order valence-electron chi connectivity index (χ3n) is 6.53. The minimum Gasteiger partial charge on any atom is -0.357 e. The van der Waals surface area contributed by atoms with Crippen LogP contribution in [-0.4, -0.2) is 18.2 Å². The molecule has 1 aliphatic carbocycles. The number of allylic oxidation sites excluding steroid dienone is 1. The molecule has 2 aliphatic rings. The van der Waals surface area contributed by atoms with E-state index in [9.17, 15) is 14.0 Å². The van der Waals surface area contributed by atoms with Crippen molar-refractivity contribution in [3.8, 4) is 0 Å². The van der Waals surface area contributed by atoms with Crippen molar-refractivity contribution in [2.45, 2.75) is 39.3 Å². The molecule has 1 amide bonds. The van der Waals surface area contributed by atoms with Crippen LogP contribution in [0.1, 0.15) is 43.2 Å². The Morgan fingerprint density at radius 3 is 2.63 bits per heavy atom. The maximum absolute atomic E-state index is 13.6. The summed E-state index contributed by atoms with van der Waals surface area (Å²) in [6.07, 6.45) is 1.23. The van der Waals surface area contributed by atoms with Crippen LogP contribution in [0.2, 0.25) is 0 Å². The number of amides is 1. The highest BCUT2D eigenvalue weighted by Crippen LogP contribution is 2.48. The van der Waals surface area contributed by atoms with E-state index in [0.717, 1.165) is 39.5 Å². The molecular formula is C28H28FN3O2S. The Balaban J connectivity index is 1.52. The molecule has 1 unspecified atom stereocenters. The number of nitrogens with zero attached hydrogens (tertiary/aromatic N) is 1. The number of ketones is 1. The number of benzene rings is 2. The molecule has 35 heavy (non-hydrogen) atoms. The van der Waals surface area contributed by atoms with E-state index in [-0.39, 0.29) is 35.5 Å². The molecule has 0 radical (unpaired) electrons. The van der Waals surface area contributed by atoms with Gasteiger partial charge in [0.05, 0.1) is 24.0 Å². The zero-order valence-electron chi connectivity index (χ0n) is 19.8. The second-order valence-corrected chi connectivity index (χ2v) is 10.9. The summed E-state index contributed by atoms with van der Waals surface area (Å²) in [4.78, 5) is 29.8. The van der Waals surface area contributed by atoms with Crippen LogP contribution in [0.4, 0.5) is 15.8 Å². The zero-order valence-corrected chi connectivity index (χ0v) is 20.6. The first-order valence-electron chi connectivity index (χ1n) is 11.7. The molecule has 0 bridgehead atoms. The standard InChI is InChI=1S/C28H28FN3O2S/c1-28(2)14-21-26(23(33)15-28)27(24-8-5-13-35-24)32(22-7-4-3-6-20(22)31-21)17-25(34)30-16-18-9-11-19(29)12-10-18/h3-13,27,31H,14-17H2,1-2H3,(H,30,34). The third kappa shape index (κ3) is 4.86. The van der Waals surface area contributed by atoms with Crippen LogP contribution in [0.3, 0.4) is 0 Å². The number of rotatable bonds is 5. The summed E-state index contributed by atoms with van der Waals surface area (Å²) in [5.41, 5.74) is 4.13. The van der Waals surface area contributed by atoms with Crippen LogP contribution in [0.25, 0.3) is 0 Å². The van der Waals surface area contributed by atoms with Crippen LogP contribution in [-0.2, 0) is 16.1 Å². The van der Waals surface area contributed by atoms with E-state index in [1.165, 1.54) is 12.1 Å². The number of para-hydroxylation sites is 2. The first-order valence-corrected chi connectivity index (χ1v) is 12.6. The zero-order chi connectivity index (χ0) is 24.6. The molecule has 180 valence electrons. The Hall–Kier alpha value is -3.45. The molecule has 0 saturated heterocycles. The van der Waals surface area contributed by atoms with Gasteiger partial charge in [0.25, 0.3) is 0 Å². The van der Waals surface area contributed by atoms with E-state index in [1.807, 2.05) is 46.7 Å². The molecule has 1 aromatic heterocycles. The van der Waals surface area contributed by atoms with Gasteiger partial charge in [-0.25, -0.2) is 4.39 Å². The molecule has 5 nitrogen and oxygen atoms in total. The number of thiophene rings is 1. The van der Waals surface area contributed by atoms with Crippen molar-refractivity contribution in [1.82, 2.24) is 5.32 Å². The van der Waals surface area contributed by atoms with Crippen LogP contribution in [0.5, 0.6) is 0 Å². The van der Waals surface area contributed by atoms with Gasteiger partial charge in [0.2, 0.25) is 5.91 Å². The molecule has 1 aliphatic heterocycles. The lowest BCUT2D eigenvalue weighted by molar-refractivity contribution is -0.120. The molecular weight excluding hydrogens is 461 g/mol. The molecule has 2 heterocycles. The summed E-state index contributed by atoms with van der Waals surface area (Å²) < 4.78 is 13.2. The minimum atomic E-state index is -0.360. The van der Waals surface area contributed by atoms with Gasteiger partial charge in [-0.15, -0.1) is 11.3 Å². The highest BCUT2D eigenvalue weighted by molar-refractivity contribution is 7.10. The minimum absolute atomic E-state index is 0.0793. The van der Waals surface area contributed by atoms with Gasteiger partial charge in [0.15, 0.2) is 5.78 Å². The van der Waals surface area contributed by atoms with Crippen molar-refractivity contribution in [3.05, 3.63) is 93.6 Å². The summed E-state index contributed by atoms with van der Waals surface area (Å²) in [5, 5.41) is 8.52. The van der Waals surface area contributed by atoms with Gasteiger partial charge in [-0.2, -0.15) is 0 Å². The van der Waals surface area contributed by atoms with Crippen molar-refractivity contribution in [3.63, 3.8) is 0 Å². The van der Waals surface area contributed by atoms with Crippen molar-refractivity contribution >= 4 is 34.4 Å². The van der Waals surface area contributed by atoms with Gasteiger partial charge in [-0.05, 0) is 53.1 Å². The van der Waals surface area contributed by atoms with Crippen LogP contribution >= 0.6 is 11.3 Å². The van der Waals surface area contributed by atoms with Crippen molar-refractivity contribution in [2.24, 2.45) is 5.41 Å². The average Bonchev–Trinajstić information content (AvgIpc) is 3.30. The second kappa shape index (κ2) is 9.30. The van der Waals surface area contributed by atoms with Gasteiger partial charge >= 0.3 is 0 Å². The van der Waals surface area contributed by atoms with Crippen molar-refractivity contribution in [1.29, 1.82) is 0 Å². The van der Waals surface area contributed by atoms with Gasteiger partial charge in [0.1, 0.15) is 5.82 Å². The Morgan fingerprint density at radius 1 is 1.11 bits per heavy atom. The van der Waals surface area contributed by atoms with Crippen molar-refractivity contribution in [2.75, 3.05) is 16.8 Å². The molecule has 7 heteroatoms. The Bertz CT molecular complexity index is 1280. The van der Waals surface area contributed by atoms with Crippen LogP contribution < -0.4 is 15.5 Å². The first kappa shape index (κ1) is 23.3. The summed E-state index contributed by atoms with van der Waals surface area (Å²) in [6, 6.07) is 17.6. The summed E-state index contributed by atoms with van der Waals surface area (Å²) in [6.45, 7) is 4.62. The largest absolute Gasteiger partial charge is 0.357 e. The molecule has 2 N–H and O–H groups in total. The Labute approximate surface area is 208 Å². The molecule has 0 fully saturated rings. The normalized spacial score (nSPS) is 18.9. The maximum atomic E-state index is 13.6. The van der Waals surface area contributed by atoms with Gasteiger partial charge in [0, 0.05) is 29.1 Å². The number of hydrogen-bond donors (Lipinski definition) is 2. The van der Waals surface area contributed by atoms with E-state index in [0.29, 0.717) is 13.0 Å². The molecule has 2 aromatic carbocycles. The first-order chi connectivity index (χ1) is 16.8. The number of hydrogen-bond acceptors (Lipinski definition) is 5. The predicted molar refractivity (Wildman–Crippen MR) is 138 cm³/mol. The second-order valence-electron chi connectivity index (χ2n) is 9.92. The molecule has 3 aromatic rings. The van der Waals surface area contributed by atoms with E-state index >= 15 is 0 Å². The highest BCUT2D eigenvalue weighted by Gasteiger charge is 2.42. The Morgan fingerprint density at radius 2 is 1.89 bits per heavy atom. The number of anilines is 2. The molecule has 0 spiro atoms. The third-order valence-corrected chi connectivity index (χ3v) is 7.46. The fourth-order valence-corrected chi connectivity index (χ4v) is 5.83.